The molecular weight excluding hydrogens is 507 g/mol. The van der Waals surface area contributed by atoms with Crippen LogP contribution in [-0.2, 0) is 14.4 Å². The predicted octanol–water partition coefficient (Wildman–Crippen LogP) is 1.89. The van der Waals surface area contributed by atoms with Gasteiger partial charge in [0.2, 0.25) is 17.7 Å². The zero-order valence-electron chi connectivity index (χ0n) is 22.4. The Morgan fingerprint density at radius 3 is 2.59 bits per heavy atom. The molecule has 3 rings (SSSR count). The summed E-state index contributed by atoms with van der Waals surface area (Å²) in [6.45, 7) is 4.31. The molecule has 2 aromatic carbocycles. The molecule has 0 radical (unpaired) electrons. The molecule has 0 bridgehead atoms. The molecule has 0 aliphatic carbocycles. The van der Waals surface area contributed by atoms with Crippen LogP contribution in [0.5, 0.6) is 11.5 Å². The van der Waals surface area contributed by atoms with E-state index in [1.54, 1.807) is 31.3 Å². The predicted molar refractivity (Wildman–Crippen MR) is 142 cm³/mol. The maximum absolute atomic E-state index is 13.2. The van der Waals surface area contributed by atoms with Crippen LogP contribution in [-0.4, -0.2) is 74.0 Å². The van der Waals surface area contributed by atoms with Crippen molar-refractivity contribution in [3.63, 3.8) is 0 Å². The van der Waals surface area contributed by atoms with Crippen LogP contribution in [0.3, 0.4) is 0 Å². The van der Waals surface area contributed by atoms with Gasteiger partial charge in [0.25, 0.3) is 5.91 Å². The van der Waals surface area contributed by atoms with E-state index in [0.717, 1.165) is 0 Å². The summed E-state index contributed by atoms with van der Waals surface area (Å²) in [4.78, 5) is 53.9. The molecule has 3 N–H and O–H groups in total. The third kappa shape index (κ3) is 8.42. The number of halogens is 1. The lowest BCUT2D eigenvalue weighted by Gasteiger charge is -2.29. The zero-order chi connectivity index (χ0) is 28.4. The van der Waals surface area contributed by atoms with Gasteiger partial charge in [-0.2, -0.15) is 0 Å². The number of hydrogen-bond acceptors (Lipinski definition) is 6. The summed E-state index contributed by atoms with van der Waals surface area (Å²) in [5, 5.41) is 8.04. The van der Waals surface area contributed by atoms with E-state index in [9.17, 15) is 23.6 Å². The highest BCUT2D eigenvalue weighted by Crippen LogP contribution is 2.19. The number of amides is 4. The molecule has 3 atom stereocenters. The molecule has 11 heteroatoms. The standard InChI is InChI=1S/C28H35FN4O6/c1-4-18(2)25-28(37)33(3)14-16-39-23-8-6-5-7-21(23)26(35)31-22(17-24(34)32-25)27(36)30-13-15-38-20-11-9-19(29)10-12-20/h5-12,18,22,25H,4,13-17H2,1-3H3,(H,30,36)(H,31,35)(H,32,34)/t18-,22-,25-/m0/s1. The summed E-state index contributed by atoms with van der Waals surface area (Å²) in [6.07, 6.45) is 0.256. The fraction of sp³-hybridized carbons (Fsp3) is 0.429. The average Bonchev–Trinajstić information content (AvgIpc) is 2.93. The summed E-state index contributed by atoms with van der Waals surface area (Å²) >= 11 is 0. The first-order valence-corrected chi connectivity index (χ1v) is 12.9. The first kappa shape index (κ1) is 29.4. The van der Waals surface area contributed by atoms with Crippen LogP contribution < -0.4 is 25.4 Å². The first-order valence-electron chi connectivity index (χ1n) is 12.9. The second-order valence-electron chi connectivity index (χ2n) is 9.36. The Labute approximate surface area is 227 Å². The van der Waals surface area contributed by atoms with Crippen molar-refractivity contribution in [2.45, 2.75) is 38.8 Å². The van der Waals surface area contributed by atoms with Crippen molar-refractivity contribution in [1.82, 2.24) is 20.9 Å². The Bertz CT molecular complexity index is 1160. The van der Waals surface area contributed by atoms with Crippen molar-refractivity contribution in [2.24, 2.45) is 5.92 Å². The Morgan fingerprint density at radius 1 is 1.15 bits per heavy atom. The van der Waals surface area contributed by atoms with Gasteiger partial charge in [-0.3, -0.25) is 19.2 Å². The van der Waals surface area contributed by atoms with E-state index in [0.29, 0.717) is 17.9 Å². The van der Waals surface area contributed by atoms with Crippen LogP contribution in [0.2, 0.25) is 0 Å². The average molecular weight is 543 g/mol. The molecular formula is C28H35FN4O6. The number of ether oxygens (including phenoxy) is 2. The Kier molecular flexibility index (Phi) is 10.7. The molecule has 4 amide bonds. The van der Waals surface area contributed by atoms with Crippen molar-refractivity contribution in [1.29, 1.82) is 0 Å². The highest BCUT2D eigenvalue weighted by atomic mass is 19.1. The molecule has 10 nitrogen and oxygen atoms in total. The molecule has 0 aromatic heterocycles. The number of benzene rings is 2. The summed E-state index contributed by atoms with van der Waals surface area (Å²) in [7, 11) is 1.63. The van der Waals surface area contributed by atoms with Gasteiger partial charge in [-0.05, 0) is 42.3 Å². The quantitative estimate of drug-likeness (QED) is 0.459. The van der Waals surface area contributed by atoms with Gasteiger partial charge in [-0.25, -0.2) is 4.39 Å². The van der Waals surface area contributed by atoms with Crippen LogP contribution in [0.25, 0.3) is 0 Å². The molecule has 1 aliphatic rings. The number of para-hydroxylation sites is 1. The van der Waals surface area contributed by atoms with E-state index in [1.807, 2.05) is 13.8 Å². The van der Waals surface area contributed by atoms with E-state index >= 15 is 0 Å². The van der Waals surface area contributed by atoms with Gasteiger partial charge in [-0.15, -0.1) is 0 Å². The highest BCUT2D eigenvalue weighted by molar-refractivity contribution is 6.01. The van der Waals surface area contributed by atoms with Crippen LogP contribution in [0.1, 0.15) is 37.0 Å². The van der Waals surface area contributed by atoms with Gasteiger partial charge in [-0.1, -0.05) is 32.4 Å². The van der Waals surface area contributed by atoms with Crippen molar-refractivity contribution in [3.05, 3.63) is 59.9 Å². The van der Waals surface area contributed by atoms with Crippen LogP contribution in [0, 0.1) is 11.7 Å². The molecule has 0 saturated heterocycles. The molecule has 210 valence electrons. The highest BCUT2D eigenvalue weighted by Gasteiger charge is 2.32. The topological polar surface area (TPSA) is 126 Å². The monoisotopic (exact) mass is 542 g/mol. The molecule has 0 fully saturated rings. The van der Waals surface area contributed by atoms with Gasteiger partial charge in [0.1, 0.15) is 42.6 Å². The number of hydrogen-bond donors (Lipinski definition) is 3. The molecule has 1 heterocycles. The fourth-order valence-corrected chi connectivity index (χ4v) is 3.96. The van der Waals surface area contributed by atoms with Gasteiger partial charge >= 0.3 is 0 Å². The first-order chi connectivity index (χ1) is 18.7. The smallest absolute Gasteiger partial charge is 0.255 e. The van der Waals surface area contributed by atoms with Gasteiger partial charge in [0.05, 0.1) is 25.1 Å². The Hall–Kier alpha value is -4.15. The number of nitrogens with one attached hydrogen (secondary N) is 3. The third-order valence-corrected chi connectivity index (χ3v) is 6.48. The normalized spacial score (nSPS) is 19.5. The summed E-state index contributed by atoms with van der Waals surface area (Å²) in [5.74, 6) is -1.84. The lowest BCUT2D eigenvalue weighted by atomic mass is 9.97. The molecule has 0 unspecified atom stereocenters. The van der Waals surface area contributed by atoms with Crippen molar-refractivity contribution in [3.8, 4) is 11.5 Å². The van der Waals surface area contributed by atoms with E-state index in [2.05, 4.69) is 16.0 Å². The van der Waals surface area contributed by atoms with Crippen molar-refractivity contribution >= 4 is 23.6 Å². The number of rotatable bonds is 7. The van der Waals surface area contributed by atoms with E-state index < -0.39 is 35.6 Å². The molecule has 1 aliphatic heterocycles. The summed E-state index contributed by atoms with van der Waals surface area (Å²) in [5.41, 5.74) is 0.193. The van der Waals surface area contributed by atoms with Crippen LogP contribution in [0.15, 0.2) is 48.5 Å². The number of nitrogens with zero attached hydrogens (tertiary/aromatic N) is 1. The van der Waals surface area contributed by atoms with Gasteiger partial charge < -0.3 is 30.3 Å². The molecule has 0 spiro atoms. The maximum Gasteiger partial charge on any atom is 0.255 e. The van der Waals surface area contributed by atoms with Gasteiger partial charge in [0, 0.05) is 7.05 Å². The van der Waals surface area contributed by atoms with Crippen LogP contribution >= 0.6 is 0 Å². The number of carbonyl (C=O) groups excluding carboxylic acids is 4. The van der Waals surface area contributed by atoms with Crippen molar-refractivity contribution < 1.29 is 33.0 Å². The summed E-state index contributed by atoms with van der Waals surface area (Å²) in [6, 6.07) is 9.96. The Morgan fingerprint density at radius 2 is 1.87 bits per heavy atom. The molecule has 2 aromatic rings. The Balaban J connectivity index is 1.77. The number of carbonyl (C=O) groups is 4. The minimum Gasteiger partial charge on any atom is -0.492 e. The lowest BCUT2D eigenvalue weighted by Crippen LogP contribution is -2.54. The largest absolute Gasteiger partial charge is 0.492 e. The van der Waals surface area contributed by atoms with Crippen molar-refractivity contribution in [2.75, 3.05) is 33.4 Å². The second kappa shape index (κ2) is 14.1. The minimum atomic E-state index is -1.23. The SMILES string of the molecule is CC[C@H](C)[C@@H]1NC(=O)C[C@@H](C(=O)NCCOc2ccc(F)cc2)NC(=O)c2ccccc2OCCN(C)C1=O. The molecule has 39 heavy (non-hydrogen) atoms. The summed E-state index contributed by atoms with van der Waals surface area (Å²) < 4.78 is 24.4. The molecule has 0 saturated carbocycles. The number of fused-ring (bicyclic) bond motifs is 1. The van der Waals surface area contributed by atoms with E-state index in [4.69, 9.17) is 9.47 Å². The van der Waals surface area contributed by atoms with Crippen LogP contribution in [0.4, 0.5) is 4.39 Å². The zero-order valence-corrected chi connectivity index (χ0v) is 22.4. The third-order valence-electron chi connectivity index (χ3n) is 6.48. The maximum atomic E-state index is 13.2. The van der Waals surface area contributed by atoms with E-state index in [-0.39, 0.29) is 50.1 Å². The van der Waals surface area contributed by atoms with E-state index in [1.165, 1.54) is 29.2 Å². The van der Waals surface area contributed by atoms with Gasteiger partial charge in [0.15, 0.2) is 0 Å². The fourth-order valence-electron chi connectivity index (χ4n) is 3.96. The second-order valence-corrected chi connectivity index (χ2v) is 9.36. The number of likely N-dealkylation sites (N-methyl/N-ethyl adjacent to an activating group) is 1. The minimum absolute atomic E-state index is 0.0721. The lowest BCUT2D eigenvalue weighted by molar-refractivity contribution is -0.137.